The van der Waals surface area contributed by atoms with Gasteiger partial charge < -0.3 is 10.4 Å². The van der Waals surface area contributed by atoms with Gasteiger partial charge in [-0.25, -0.2) is 0 Å². The van der Waals surface area contributed by atoms with Crippen LogP contribution in [0.1, 0.15) is 51.5 Å². The van der Waals surface area contributed by atoms with Gasteiger partial charge in [0.1, 0.15) is 0 Å². The summed E-state index contributed by atoms with van der Waals surface area (Å²) in [6, 6.07) is 10.6. The second kappa shape index (κ2) is 6.73. The van der Waals surface area contributed by atoms with Crippen molar-refractivity contribution >= 4 is 0 Å². The third-order valence-corrected chi connectivity index (χ3v) is 4.65. The summed E-state index contributed by atoms with van der Waals surface area (Å²) in [6.45, 7) is 6.35. The highest BCUT2D eigenvalue weighted by molar-refractivity contribution is 5.14. The fraction of sp³-hybridized carbons (Fsp3) is 0.667. The summed E-state index contributed by atoms with van der Waals surface area (Å²) in [5.41, 5.74) is 1.34. The van der Waals surface area contributed by atoms with Crippen molar-refractivity contribution in [2.24, 2.45) is 5.41 Å². The molecule has 2 heteroatoms. The SMILES string of the molecule is CC1(C)CCC(O)(CNCCCc2ccccc2)CC1. The largest absolute Gasteiger partial charge is 0.389 e. The first-order valence-corrected chi connectivity index (χ1v) is 7.96. The van der Waals surface area contributed by atoms with Crippen LogP contribution in [-0.2, 0) is 6.42 Å². The Morgan fingerprint density at radius 2 is 1.70 bits per heavy atom. The van der Waals surface area contributed by atoms with Gasteiger partial charge in [-0.2, -0.15) is 0 Å². The molecular weight excluding hydrogens is 246 g/mol. The molecule has 0 unspecified atom stereocenters. The molecule has 0 aliphatic heterocycles. The fourth-order valence-corrected chi connectivity index (χ4v) is 2.95. The van der Waals surface area contributed by atoms with Crippen LogP contribution in [0.5, 0.6) is 0 Å². The average molecular weight is 275 g/mol. The molecule has 0 bridgehead atoms. The van der Waals surface area contributed by atoms with Crippen LogP contribution in [0, 0.1) is 5.41 Å². The van der Waals surface area contributed by atoms with Crippen molar-refractivity contribution in [2.75, 3.05) is 13.1 Å². The molecule has 0 spiro atoms. The van der Waals surface area contributed by atoms with Crippen LogP contribution in [0.3, 0.4) is 0 Å². The van der Waals surface area contributed by atoms with Crippen LogP contribution in [0.15, 0.2) is 30.3 Å². The molecule has 2 nitrogen and oxygen atoms in total. The van der Waals surface area contributed by atoms with Crippen molar-refractivity contribution in [1.82, 2.24) is 5.32 Å². The first-order valence-electron chi connectivity index (χ1n) is 7.96. The molecule has 0 aromatic heterocycles. The summed E-state index contributed by atoms with van der Waals surface area (Å²) >= 11 is 0. The minimum absolute atomic E-state index is 0.416. The van der Waals surface area contributed by atoms with Crippen molar-refractivity contribution in [3.63, 3.8) is 0 Å². The molecule has 0 radical (unpaired) electrons. The minimum Gasteiger partial charge on any atom is -0.389 e. The van der Waals surface area contributed by atoms with Crippen LogP contribution in [-0.4, -0.2) is 23.8 Å². The molecule has 112 valence electrons. The highest BCUT2D eigenvalue weighted by Gasteiger charge is 2.36. The lowest BCUT2D eigenvalue weighted by atomic mass is 9.71. The van der Waals surface area contributed by atoms with Crippen molar-refractivity contribution in [3.05, 3.63) is 35.9 Å². The Hall–Kier alpha value is -0.860. The number of aliphatic hydroxyl groups is 1. The molecule has 1 aliphatic rings. The average Bonchev–Trinajstić information content (AvgIpc) is 2.44. The van der Waals surface area contributed by atoms with Gasteiger partial charge in [0.2, 0.25) is 0 Å². The van der Waals surface area contributed by atoms with Gasteiger partial charge in [0.15, 0.2) is 0 Å². The van der Waals surface area contributed by atoms with E-state index in [4.69, 9.17) is 0 Å². The Kier molecular flexibility index (Phi) is 5.22. The molecule has 1 saturated carbocycles. The van der Waals surface area contributed by atoms with Gasteiger partial charge in [-0.15, -0.1) is 0 Å². The van der Waals surface area contributed by atoms with Gasteiger partial charge in [-0.3, -0.25) is 0 Å². The van der Waals surface area contributed by atoms with E-state index in [9.17, 15) is 5.11 Å². The Labute approximate surface area is 123 Å². The van der Waals surface area contributed by atoms with E-state index in [1.807, 2.05) is 0 Å². The maximum Gasteiger partial charge on any atom is 0.0772 e. The second-order valence-corrected chi connectivity index (χ2v) is 7.15. The molecule has 1 aliphatic carbocycles. The van der Waals surface area contributed by atoms with Crippen molar-refractivity contribution < 1.29 is 5.11 Å². The molecule has 0 amide bonds. The Morgan fingerprint density at radius 1 is 1.05 bits per heavy atom. The summed E-state index contributed by atoms with van der Waals surface area (Å²) < 4.78 is 0. The fourth-order valence-electron chi connectivity index (χ4n) is 2.95. The summed E-state index contributed by atoms with van der Waals surface area (Å²) in [5.74, 6) is 0. The smallest absolute Gasteiger partial charge is 0.0772 e. The van der Waals surface area contributed by atoms with Gasteiger partial charge in [0, 0.05) is 6.54 Å². The highest BCUT2D eigenvalue weighted by atomic mass is 16.3. The van der Waals surface area contributed by atoms with E-state index in [1.165, 1.54) is 5.56 Å². The zero-order chi connectivity index (χ0) is 14.5. The third kappa shape index (κ3) is 4.92. The van der Waals surface area contributed by atoms with Crippen LogP contribution in [0.2, 0.25) is 0 Å². The molecule has 2 rings (SSSR count). The second-order valence-electron chi connectivity index (χ2n) is 7.15. The topological polar surface area (TPSA) is 32.3 Å². The van der Waals surface area contributed by atoms with Gasteiger partial charge in [0.25, 0.3) is 0 Å². The standard InChI is InChI=1S/C18H29NO/c1-17(2)10-12-18(20,13-11-17)15-19-14-6-9-16-7-4-3-5-8-16/h3-5,7-8,19-20H,6,9-15H2,1-2H3. The highest BCUT2D eigenvalue weighted by Crippen LogP contribution is 2.39. The molecule has 1 fully saturated rings. The lowest BCUT2D eigenvalue weighted by molar-refractivity contribution is -0.0241. The molecule has 2 N–H and O–H groups in total. The maximum absolute atomic E-state index is 10.6. The normalized spacial score (nSPS) is 20.8. The number of hydrogen-bond donors (Lipinski definition) is 2. The van der Waals surface area contributed by atoms with E-state index < -0.39 is 5.60 Å². The quantitative estimate of drug-likeness (QED) is 0.778. The molecule has 20 heavy (non-hydrogen) atoms. The molecule has 1 aromatic rings. The number of nitrogens with one attached hydrogen (secondary N) is 1. The van der Waals surface area contributed by atoms with E-state index in [1.54, 1.807) is 0 Å². The lowest BCUT2D eigenvalue weighted by Gasteiger charge is -2.40. The van der Waals surface area contributed by atoms with E-state index in [-0.39, 0.29) is 0 Å². The van der Waals surface area contributed by atoms with Crippen molar-refractivity contribution in [3.8, 4) is 0 Å². The summed E-state index contributed by atoms with van der Waals surface area (Å²) in [6.07, 6.45) is 6.38. The minimum atomic E-state index is -0.470. The third-order valence-electron chi connectivity index (χ3n) is 4.65. The van der Waals surface area contributed by atoms with Crippen LogP contribution in [0.25, 0.3) is 0 Å². The summed E-state index contributed by atoms with van der Waals surface area (Å²) in [4.78, 5) is 0. The molecule has 0 saturated heterocycles. The van der Waals surface area contributed by atoms with Crippen molar-refractivity contribution in [1.29, 1.82) is 0 Å². The number of hydrogen-bond acceptors (Lipinski definition) is 2. The number of rotatable bonds is 6. The summed E-state index contributed by atoms with van der Waals surface area (Å²) in [5, 5.41) is 14.0. The molecular formula is C18H29NO. The predicted molar refractivity (Wildman–Crippen MR) is 84.8 cm³/mol. The van der Waals surface area contributed by atoms with Gasteiger partial charge in [0.05, 0.1) is 5.60 Å². The first-order chi connectivity index (χ1) is 9.49. The molecule has 1 aromatic carbocycles. The van der Waals surface area contributed by atoms with Crippen LogP contribution >= 0.6 is 0 Å². The van der Waals surface area contributed by atoms with Crippen LogP contribution in [0.4, 0.5) is 0 Å². The Morgan fingerprint density at radius 3 is 2.35 bits per heavy atom. The monoisotopic (exact) mass is 275 g/mol. The van der Waals surface area contributed by atoms with E-state index in [0.717, 1.165) is 51.6 Å². The van der Waals surface area contributed by atoms with E-state index in [2.05, 4.69) is 49.5 Å². The maximum atomic E-state index is 10.6. The Bertz CT molecular complexity index is 389. The van der Waals surface area contributed by atoms with Gasteiger partial charge >= 0.3 is 0 Å². The van der Waals surface area contributed by atoms with Crippen molar-refractivity contribution in [2.45, 2.75) is 58.0 Å². The summed E-state index contributed by atoms with van der Waals surface area (Å²) in [7, 11) is 0. The van der Waals surface area contributed by atoms with E-state index in [0.29, 0.717) is 5.41 Å². The Balaban J connectivity index is 1.61. The van der Waals surface area contributed by atoms with Gasteiger partial charge in [-0.05, 0) is 56.0 Å². The number of aryl methyl sites for hydroxylation is 1. The van der Waals surface area contributed by atoms with E-state index >= 15 is 0 Å². The van der Waals surface area contributed by atoms with Gasteiger partial charge in [-0.1, -0.05) is 44.2 Å². The predicted octanol–water partition coefficient (Wildman–Crippen LogP) is 3.54. The molecule has 0 atom stereocenters. The lowest BCUT2D eigenvalue weighted by Crippen LogP contribution is -2.45. The zero-order valence-corrected chi connectivity index (χ0v) is 13.0. The molecule has 0 heterocycles. The first kappa shape index (κ1) is 15.5. The van der Waals surface area contributed by atoms with Crippen LogP contribution < -0.4 is 5.32 Å². The zero-order valence-electron chi connectivity index (χ0n) is 13.0. The number of benzene rings is 1.